The minimum Gasteiger partial charge on any atom is -0.379 e. The van der Waals surface area contributed by atoms with Crippen LogP contribution in [0, 0.1) is 0 Å². The van der Waals surface area contributed by atoms with Crippen LogP contribution < -0.4 is 5.32 Å². The van der Waals surface area contributed by atoms with Gasteiger partial charge in [-0.25, -0.2) is 9.67 Å². The summed E-state index contributed by atoms with van der Waals surface area (Å²) in [5.74, 6) is 0. The minimum atomic E-state index is 0.767. The quantitative estimate of drug-likeness (QED) is 0.754. The van der Waals surface area contributed by atoms with Crippen molar-refractivity contribution in [3.8, 4) is 5.69 Å². The highest BCUT2D eigenvalue weighted by molar-refractivity contribution is 5.48. The van der Waals surface area contributed by atoms with Crippen LogP contribution in [0.4, 0.5) is 5.69 Å². The second-order valence-corrected chi connectivity index (χ2v) is 4.79. The topological polar surface area (TPSA) is 60.6 Å². The van der Waals surface area contributed by atoms with E-state index in [1.54, 1.807) is 11.0 Å². The van der Waals surface area contributed by atoms with Crippen molar-refractivity contribution >= 4 is 5.69 Å². The third-order valence-electron chi connectivity index (χ3n) is 3.26. The van der Waals surface area contributed by atoms with Crippen LogP contribution >= 0.6 is 0 Å². The third kappa shape index (κ3) is 3.10. The summed E-state index contributed by atoms with van der Waals surface area (Å²) in [5, 5.41) is 11.8. The average Bonchev–Trinajstić information content (AvgIpc) is 3.18. The standard InChI is InChI=1S/C15H18N6/c1-2-9-20-15(7-8-18-20)10-17-13-3-5-14(6-4-13)21-12-16-11-19-21/h3-8,11-12,17H,2,9-10H2,1H3. The number of aryl methyl sites for hydroxylation is 1. The molecule has 0 atom stereocenters. The Bertz CT molecular complexity index is 669. The molecule has 0 unspecified atom stereocenters. The van der Waals surface area contributed by atoms with Crippen LogP contribution in [0.1, 0.15) is 19.0 Å². The van der Waals surface area contributed by atoms with Crippen LogP contribution in [0.5, 0.6) is 0 Å². The molecule has 3 aromatic rings. The first-order chi connectivity index (χ1) is 10.4. The van der Waals surface area contributed by atoms with Gasteiger partial charge in [0.05, 0.1) is 17.9 Å². The molecule has 1 N–H and O–H groups in total. The Balaban J connectivity index is 1.64. The summed E-state index contributed by atoms with van der Waals surface area (Å²) in [6.45, 7) is 3.87. The van der Waals surface area contributed by atoms with Gasteiger partial charge in [-0.1, -0.05) is 6.92 Å². The predicted octanol–water partition coefficient (Wildman–Crippen LogP) is 2.49. The number of nitrogens with one attached hydrogen (secondary N) is 1. The van der Waals surface area contributed by atoms with Crippen LogP contribution in [0.15, 0.2) is 49.2 Å². The Labute approximate surface area is 123 Å². The highest BCUT2D eigenvalue weighted by Crippen LogP contribution is 2.13. The number of nitrogens with zero attached hydrogens (tertiary/aromatic N) is 5. The van der Waals surface area contributed by atoms with Crippen molar-refractivity contribution in [2.24, 2.45) is 0 Å². The number of anilines is 1. The minimum absolute atomic E-state index is 0.767. The fourth-order valence-electron chi connectivity index (χ4n) is 2.19. The van der Waals surface area contributed by atoms with E-state index < -0.39 is 0 Å². The van der Waals surface area contributed by atoms with E-state index in [4.69, 9.17) is 0 Å². The van der Waals surface area contributed by atoms with E-state index >= 15 is 0 Å². The van der Waals surface area contributed by atoms with E-state index in [0.29, 0.717) is 0 Å². The maximum Gasteiger partial charge on any atom is 0.138 e. The predicted molar refractivity (Wildman–Crippen MR) is 81.2 cm³/mol. The van der Waals surface area contributed by atoms with E-state index in [9.17, 15) is 0 Å². The lowest BCUT2D eigenvalue weighted by Gasteiger charge is -2.09. The molecular weight excluding hydrogens is 264 g/mol. The smallest absolute Gasteiger partial charge is 0.138 e. The number of aromatic nitrogens is 5. The molecule has 0 fully saturated rings. The summed E-state index contributed by atoms with van der Waals surface area (Å²) < 4.78 is 3.77. The van der Waals surface area contributed by atoms with Gasteiger partial charge in [-0.05, 0) is 36.8 Å². The van der Waals surface area contributed by atoms with Gasteiger partial charge in [-0.15, -0.1) is 0 Å². The molecule has 0 aliphatic rings. The second kappa shape index (κ2) is 6.21. The van der Waals surface area contributed by atoms with Crippen LogP contribution in [-0.2, 0) is 13.1 Å². The largest absolute Gasteiger partial charge is 0.379 e. The maximum absolute atomic E-state index is 4.32. The molecule has 6 heteroatoms. The van der Waals surface area contributed by atoms with Crippen molar-refractivity contribution in [2.75, 3.05) is 5.32 Å². The summed E-state index contributed by atoms with van der Waals surface area (Å²) >= 11 is 0. The molecule has 0 saturated heterocycles. The van der Waals surface area contributed by atoms with Gasteiger partial charge < -0.3 is 5.32 Å². The fourth-order valence-corrected chi connectivity index (χ4v) is 2.19. The fraction of sp³-hybridized carbons (Fsp3) is 0.267. The van der Waals surface area contributed by atoms with Crippen LogP contribution in [0.25, 0.3) is 5.69 Å². The molecule has 0 spiro atoms. The lowest BCUT2D eigenvalue weighted by Crippen LogP contribution is -2.08. The molecule has 108 valence electrons. The zero-order valence-electron chi connectivity index (χ0n) is 12.0. The molecule has 3 rings (SSSR count). The average molecular weight is 282 g/mol. The Hall–Kier alpha value is -2.63. The highest BCUT2D eigenvalue weighted by Gasteiger charge is 2.02. The molecule has 0 bridgehead atoms. The summed E-state index contributed by atoms with van der Waals surface area (Å²) in [4.78, 5) is 3.94. The second-order valence-electron chi connectivity index (χ2n) is 4.79. The Morgan fingerprint density at radius 2 is 1.95 bits per heavy atom. The van der Waals surface area contributed by atoms with Crippen molar-refractivity contribution in [3.05, 3.63) is 54.9 Å². The zero-order valence-corrected chi connectivity index (χ0v) is 12.0. The van der Waals surface area contributed by atoms with Crippen LogP contribution in [0.3, 0.4) is 0 Å². The first-order valence-electron chi connectivity index (χ1n) is 7.06. The van der Waals surface area contributed by atoms with Gasteiger partial charge >= 0.3 is 0 Å². The Kier molecular flexibility index (Phi) is 3.95. The number of hydrogen-bond donors (Lipinski definition) is 1. The van der Waals surface area contributed by atoms with Crippen molar-refractivity contribution in [1.82, 2.24) is 24.5 Å². The third-order valence-corrected chi connectivity index (χ3v) is 3.26. The van der Waals surface area contributed by atoms with Crippen molar-refractivity contribution in [2.45, 2.75) is 26.4 Å². The molecule has 6 nitrogen and oxygen atoms in total. The number of benzene rings is 1. The van der Waals surface area contributed by atoms with Crippen molar-refractivity contribution in [1.29, 1.82) is 0 Å². The van der Waals surface area contributed by atoms with E-state index in [0.717, 1.165) is 30.9 Å². The molecule has 0 saturated carbocycles. The van der Waals surface area contributed by atoms with Gasteiger partial charge in [0.25, 0.3) is 0 Å². The first-order valence-corrected chi connectivity index (χ1v) is 7.06. The highest BCUT2D eigenvalue weighted by atomic mass is 15.3. The van der Waals surface area contributed by atoms with Gasteiger partial charge in [-0.2, -0.15) is 10.2 Å². The Morgan fingerprint density at radius 1 is 1.10 bits per heavy atom. The van der Waals surface area contributed by atoms with Gasteiger partial charge in [0.1, 0.15) is 12.7 Å². The van der Waals surface area contributed by atoms with Crippen LogP contribution in [-0.4, -0.2) is 24.5 Å². The van der Waals surface area contributed by atoms with E-state index in [1.165, 1.54) is 12.0 Å². The van der Waals surface area contributed by atoms with Crippen molar-refractivity contribution in [3.63, 3.8) is 0 Å². The van der Waals surface area contributed by atoms with E-state index in [-0.39, 0.29) is 0 Å². The van der Waals surface area contributed by atoms with Gasteiger partial charge in [-0.3, -0.25) is 4.68 Å². The molecule has 2 heterocycles. The summed E-state index contributed by atoms with van der Waals surface area (Å²) in [5.41, 5.74) is 3.26. The number of rotatable bonds is 6. The lowest BCUT2D eigenvalue weighted by atomic mass is 10.2. The van der Waals surface area contributed by atoms with E-state index in [2.05, 4.69) is 27.4 Å². The molecular formula is C15H18N6. The SMILES string of the molecule is CCCn1nccc1CNc1ccc(-n2cncn2)cc1. The normalized spacial score (nSPS) is 10.7. The van der Waals surface area contributed by atoms with E-state index in [1.807, 2.05) is 41.2 Å². The summed E-state index contributed by atoms with van der Waals surface area (Å²) in [7, 11) is 0. The summed E-state index contributed by atoms with van der Waals surface area (Å²) in [6, 6.07) is 10.2. The monoisotopic (exact) mass is 282 g/mol. The molecule has 0 aliphatic heterocycles. The Morgan fingerprint density at radius 3 is 2.67 bits per heavy atom. The van der Waals surface area contributed by atoms with Gasteiger partial charge in [0, 0.05) is 18.4 Å². The molecule has 21 heavy (non-hydrogen) atoms. The molecule has 0 radical (unpaired) electrons. The van der Waals surface area contributed by atoms with Gasteiger partial charge in [0.15, 0.2) is 0 Å². The molecule has 2 aromatic heterocycles. The van der Waals surface area contributed by atoms with Crippen LogP contribution in [0.2, 0.25) is 0 Å². The lowest BCUT2D eigenvalue weighted by molar-refractivity contribution is 0.578. The molecule has 0 amide bonds. The first kappa shape index (κ1) is 13.4. The molecule has 1 aromatic carbocycles. The maximum atomic E-state index is 4.32. The zero-order chi connectivity index (χ0) is 14.5. The van der Waals surface area contributed by atoms with Gasteiger partial charge in [0.2, 0.25) is 0 Å². The number of hydrogen-bond acceptors (Lipinski definition) is 4. The van der Waals surface area contributed by atoms with Crippen molar-refractivity contribution < 1.29 is 0 Å². The summed E-state index contributed by atoms with van der Waals surface area (Å²) in [6.07, 6.45) is 6.15. The molecule has 0 aliphatic carbocycles.